The quantitative estimate of drug-likeness (QED) is 0.746. The van der Waals surface area contributed by atoms with Crippen molar-refractivity contribution in [2.24, 2.45) is 0 Å². The number of halogens is 3. The van der Waals surface area contributed by atoms with Crippen molar-refractivity contribution in [3.05, 3.63) is 13.9 Å². The molecule has 1 rings (SSSR count). The highest BCUT2D eigenvalue weighted by molar-refractivity contribution is 9.13. The van der Waals surface area contributed by atoms with E-state index >= 15 is 0 Å². The number of nitrogens with zero attached hydrogens (tertiary/aromatic N) is 2. The fourth-order valence-corrected chi connectivity index (χ4v) is 2.51. The minimum absolute atomic E-state index is 0.115. The van der Waals surface area contributed by atoms with Gasteiger partial charge in [-0.05, 0) is 68.1 Å². The molecule has 0 radical (unpaired) electrons. The van der Waals surface area contributed by atoms with E-state index in [2.05, 4.69) is 73.5 Å². The summed E-state index contributed by atoms with van der Waals surface area (Å²) < 4.78 is 10.1. The molecule has 1 aromatic rings. The molecule has 0 aliphatic heterocycles. The normalized spacial score (nSPS) is 12.1. The Kier molecular flexibility index (Phi) is 4.83. The fourth-order valence-electron chi connectivity index (χ4n) is 0.831. The molecule has 0 aliphatic carbocycles. The first-order valence-corrected chi connectivity index (χ1v) is 6.96. The van der Waals surface area contributed by atoms with Gasteiger partial charge in [-0.15, -0.1) is 0 Å². The van der Waals surface area contributed by atoms with Crippen LogP contribution in [0.1, 0.15) is 27.2 Å². The zero-order valence-corrected chi connectivity index (χ0v) is 13.6. The van der Waals surface area contributed by atoms with Crippen LogP contribution in [0.25, 0.3) is 0 Å². The smallest absolute Gasteiger partial charge is 0.181 e. The Morgan fingerprint density at radius 1 is 1.33 bits per heavy atom. The van der Waals surface area contributed by atoms with Gasteiger partial charge >= 0.3 is 0 Å². The summed E-state index contributed by atoms with van der Waals surface area (Å²) in [6.07, 6.45) is 0.970. The summed E-state index contributed by atoms with van der Waals surface area (Å²) in [4.78, 5) is 4.21. The van der Waals surface area contributed by atoms with Crippen LogP contribution >= 0.6 is 47.8 Å². The molecule has 3 nitrogen and oxygen atoms in total. The number of imidazole rings is 1. The summed E-state index contributed by atoms with van der Waals surface area (Å²) in [5.41, 5.74) is -0.115. The molecule has 0 amide bonds. The summed E-state index contributed by atoms with van der Waals surface area (Å²) in [6, 6.07) is 0. The average molecular weight is 405 g/mol. The molecule has 0 bridgehead atoms. The SMILES string of the molecule is CCC(C)(C)OCn1c(Br)nc(Br)c1Br. The Hall–Kier alpha value is 0.610. The lowest BCUT2D eigenvalue weighted by molar-refractivity contribution is -0.0595. The van der Waals surface area contributed by atoms with Crippen LogP contribution in [0.15, 0.2) is 13.9 Å². The lowest BCUT2D eigenvalue weighted by Gasteiger charge is -2.24. The molecule has 0 saturated heterocycles. The summed E-state index contributed by atoms with van der Waals surface area (Å²) in [6.45, 7) is 6.72. The molecule has 15 heavy (non-hydrogen) atoms. The van der Waals surface area contributed by atoms with E-state index in [9.17, 15) is 0 Å². The maximum absolute atomic E-state index is 5.78. The largest absolute Gasteiger partial charge is 0.355 e. The molecular formula is C9H13Br3N2O. The average Bonchev–Trinajstić information content (AvgIpc) is 2.39. The van der Waals surface area contributed by atoms with Crippen LogP contribution in [0.3, 0.4) is 0 Å². The number of hydrogen-bond acceptors (Lipinski definition) is 2. The van der Waals surface area contributed by atoms with Crippen molar-refractivity contribution in [1.82, 2.24) is 9.55 Å². The van der Waals surface area contributed by atoms with Crippen molar-refractivity contribution in [1.29, 1.82) is 0 Å². The van der Waals surface area contributed by atoms with E-state index in [0.29, 0.717) is 6.73 Å². The van der Waals surface area contributed by atoms with Gasteiger partial charge in [-0.2, -0.15) is 0 Å². The van der Waals surface area contributed by atoms with Gasteiger partial charge in [-0.1, -0.05) is 6.92 Å². The molecule has 1 heterocycles. The minimum Gasteiger partial charge on any atom is -0.355 e. The Bertz CT molecular complexity index is 349. The standard InChI is InChI=1S/C9H13Br3N2O/c1-4-9(2,3)15-5-14-7(11)6(10)13-8(14)12/h4-5H2,1-3H3. The highest BCUT2D eigenvalue weighted by atomic mass is 79.9. The highest BCUT2D eigenvalue weighted by Crippen LogP contribution is 2.27. The Morgan fingerprint density at radius 3 is 2.33 bits per heavy atom. The monoisotopic (exact) mass is 402 g/mol. The van der Waals surface area contributed by atoms with E-state index in [0.717, 1.165) is 20.4 Å². The van der Waals surface area contributed by atoms with Gasteiger partial charge in [-0.3, -0.25) is 4.57 Å². The van der Waals surface area contributed by atoms with Crippen molar-refractivity contribution in [3.63, 3.8) is 0 Å². The van der Waals surface area contributed by atoms with Crippen LogP contribution < -0.4 is 0 Å². The molecule has 86 valence electrons. The zero-order chi connectivity index (χ0) is 11.6. The first-order valence-electron chi connectivity index (χ1n) is 4.58. The highest BCUT2D eigenvalue weighted by Gasteiger charge is 2.18. The maximum atomic E-state index is 5.78. The van der Waals surface area contributed by atoms with Crippen LogP contribution in [-0.4, -0.2) is 15.2 Å². The number of ether oxygens (including phenoxy) is 1. The second kappa shape index (κ2) is 5.29. The summed E-state index contributed by atoms with van der Waals surface area (Å²) in [5.74, 6) is 0. The van der Waals surface area contributed by atoms with E-state index in [4.69, 9.17) is 4.74 Å². The molecule has 0 fully saturated rings. The molecule has 6 heteroatoms. The molecule has 0 aromatic carbocycles. The summed E-state index contributed by atoms with van der Waals surface area (Å²) in [7, 11) is 0. The van der Waals surface area contributed by atoms with E-state index in [1.54, 1.807) is 0 Å². The van der Waals surface area contributed by atoms with Gasteiger partial charge in [-0.25, -0.2) is 4.98 Å². The van der Waals surface area contributed by atoms with Gasteiger partial charge in [0.25, 0.3) is 0 Å². The molecule has 0 N–H and O–H groups in total. The predicted octanol–water partition coefficient (Wildman–Crippen LogP) is 4.33. The van der Waals surface area contributed by atoms with Gasteiger partial charge in [0, 0.05) is 0 Å². The van der Waals surface area contributed by atoms with Crippen LogP contribution in [0, 0.1) is 0 Å². The number of rotatable bonds is 4. The Morgan fingerprint density at radius 2 is 1.93 bits per heavy atom. The Balaban J connectivity index is 2.73. The van der Waals surface area contributed by atoms with Crippen LogP contribution in [0.4, 0.5) is 0 Å². The first kappa shape index (κ1) is 13.7. The first-order chi connectivity index (χ1) is 6.87. The van der Waals surface area contributed by atoms with E-state index in [1.165, 1.54) is 0 Å². The van der Waals surface area contributed by atoms with Gasteiger partial charge in [0.15, 0.2) is 4.73 Å². The van der Waals surface area contributed by atoms with Crippen LogP contribution in [-0.2, 0) is 11.5 Å². The van der Waals surface area contributed by atoms with Crippen molar-refractivity contribution < 1.29 is 4.74 Å². The lowest BCUT2D eigenvalue weighted by Crippen LogP contribution is -2.24. The van der Waals surface area contributed by atoms with Crippen LogP contribution in [0.2, 0.25) is 0 Å². The summed E-state index contributed by atoms with van der Waals surface area (Å²) in [5, 5.41) is 0. The molecule has 0 unspecified atom stereocenters. The zero-order valence-electron chi connectivity index (χ0n) is 8.85. The van der Waals surface area contributed by atoms with Gasteiger partial charge in [0.05, 0.1) is 5.60 Å². The molecule has 1 aromatic heterocycles. The molecule has 0 spiro atoms. The lowest BCUT2D eigenvalue weighted by atomic mass is 10.1. The van der Waals surface area contributed by atoms with Gasteiger partial charge in [0.2, 0.25) is 0 Å². The second-order valence-corrected chi connectivity index (χ2v) is 5.99. The van der Waals surface area contributed by atoms with Crippen molar-refractivity contribution in [2.75, 3.05) is 0 Å². The molecule has 0 aliphatic rings. The number of hydrogen-bond donors (Lipinski definition) is 0. The van der Waals surface area contributed by atoms with E-state index in [-0.39, 0.29) is 5.60 Å². The molecule has 0 saturated carbocycles. The van der Waals surface area contributed by atoms with E-state index < -0.39 is 0 Å². The molecular weight excluding hydrogens is 392 g/mol. The molecule has 0 atom stereocenters. The fraction of sp³-hybridized carbons (Fsp3) is 0.667. The second-order valence-electron chi connectivity index (χ2n) is 3.78. The van der Waals surface area contributed by atoms with E-state index in [1.807, 2.05) is 4.57 Å². The third kappa shape index (κ3) is 3.54. The number of aromatic nitrogens is 2. The third-order valence-corrected chi connectivity index (χ3v) is 4.75. The topological polar surface area (TPSA) is 27.1 Å². The predicted molar refractivity (Wildman–Crippen MR) is 70.8 cm³/mol. The van der Waals surface area contributed by atoms with Gasteiger partial charge < -0.3 is 4.74 Å². The third-order valence-electron chi connectivity index (χ3n) is 2.26. The Labute approximate surface area is 115 Å². The van der Waals surface area contributed by atoms with Crippen LogP contribution in [0.5, 0.6) is 0 Å². The summed E-state index contributed by atoms with van der Waals surface area (Å²) >= 11 is 10.1. The van der Waals surface area contributed by atoms with Crippen molar-refractivity contribution in [2.45, 2.75) is 39.5 Å². The van der Waals surface area contributed by atoms with Crippen molar-refractivity contribution >= 4 is 47.8 Å². The maximum Gasteiger partial charge on any atom is 0.181 e. The minimum atomic E-state index is -0.115. The van der Waals surface area contributed by atoms with Crippen molar-refractivity contribution in [3.8, 4) is 0 Å². The van der Waals surface area contributed by atoms with Gasteiger partial charge in [0.1, 0.15) is 15.9 Å².